The van der Waals surface area contributed by atoms with Gasteiger partial charge in [-0.25, -0.2) is 0 Å². The molecule has 27 heavy (non-hydrogen) atoms. The number of hydrogen-bond acceptors (Lipinski definition) is 2. The van der Waals surface area contributed by atoms with Gasteiger partial charge in [0.2, 0.25) is 5.91 Å². The van der Waals surface area contributed by atoms with E-state index in [9.17, 15) is 4.79 Å². The molecule has 1 amide bonds. The van der Waals surface area contributed by atoms with Gasteiger partial charge in [0.1, 0.15) is 0 Å². The smallest absolute Gasteiger partial charge is 0.246 e. The topological polar surface area (TPSA) is 23.6 Å². The van der Waals surface area contributed by atoms with E-state index in [4.69, 9.17) is 11.6 Å². The van der Waals surface area contributed by atoms with Crippen LogP contribution >= 0.6 is 27.5 Å². The molecule has 142 valence electrons. The number of carbonyl (C=O) groups is 1. The fourth-order valence-corrected chi connectivity index (χ4v) is 3.78. The Hall–Kier alpha value is -1.62. The van der Waals surface area contributed by atoms with Gasteiger partial charge in [0.15, 0.2) is 0 Å². The second-order valence-corrected chi connectivity index (χ2v) is 8.48. The summed E-state index contributed by atoms with van der Waals surface area (Å²) in [7, 11) is 0. The van der Waals surface area contributed by atoms with Crippen LogP contribution in [0.3, 0.4) is 0 Å². The number of carbonyl (C=O) groups excluding carboxylic acids is 1. The molecule has 3 nitrogen and oxygen atoms in total. The quantitative estimate of drug-likeness (QED) is 0.599. The van der Waals surface area contributed by atoms with Crippen LogP contribution in [-0.4, -0.2) is 40.9 Å². The minimum Gasteiger partial charge on any atom is -0.334 e. The first-order chi connectivity index (χ1) is 12.9. The molecular formula is C22H24BrClN2O. The van der Waals surface area contributed by atoms with Crippen molar-refractivity contribution < 1.29 is 4.79 Å². The number of nitrogens with zero attached hydrogens (tertiary/aromatic N) is 2. The molecule has 1 fully saturated rings. The zero-order valence-corrected chi connectivity index (χ0v) is 18.0. The van der Waals surface area contributed by atoms with Crippen molar-refractivity contribution in [3.05, 3.63) is 75.2 Å². The SMILES string of the molecule is C[C@@H]1CN(Cc2ccc(Cl)cc2)[C@@H](C)CN1C(=O)C=Cc1ccc(Br)cc1. The molecule has 2 aromatic carbocycles. The van der Waals surface area contributed by atoms with Crippen LogP contribution in [0.25, 0.3) is 6.08 Å². The Balaban J connectivity index is 1.61. The van der Waals surface area contributed by atoms with Crippen LogP contribution in [0.1, 0.15) is 25.0 Å². The molecule has 0 spiro atoms. The first kappa shape index (κ1) is 20.1. The van der Waals surface area contributed by atoms with E-state index in [2.05, 4.69) is 46.8 Å². The Kier molecular flexibility index (Phi) is 6.74. The first-order valence-electron chi connectivity index (χ1n) is 9.15. The third kappa shape index (κ3) is 5.44. The summed E-state index contributed by atoms with van der Waals surface area (Å²) in [5.41, 5.74) is 2.27. The number of amides is 1. The molecule has 3 rings (SSSR count). The molecule has 0 bridgehead atoms. The predicted molar refractivity (Wildman–Crippen MR) is 116 cm³/mol. The summed E-state index contributed by atoms with van der Waals surface area (Å²) in [5.74, 6) is 0.0726. The molecule has 0 radical (unpaired) electrons. The maximum atomic E-state index is 12.7. The molecule has 1 heterocycles. The van der Waals surface area contributed by atoms with Crippen LogP contribution in [0.4, 0.5) is 0 Å². The molecule has 0 aliphatic carbocycles. The van der Waals surface area contributed by atoms with Crippen molar-refractivity contribution in [3.63, 3.8) is 0 Å². The summed E-state index contributed by atoms with van der Waals surface area (Å²) < 4.78 is 1.03. The Morgan fingerprint density at radius 2 is 1.74 bits per heavy atom. The molecule has 2 aromatic rings. The molecular weight excluding hydrogens is 424 g/mol. The van der Waals surface area contributed by atoms with E-state index in [1.165, 1.54) is 5.56 Å². The van der Waals surface area contributed by atoms with E-state index < -0.39 is 0 Å². The lowest BCUT2D eigenvalue weighted by molar-refractivity contribution is -0.131. The van der Waals surface area contributed by atoms with Crippen LogP contribution in [0.5, 0.6) is 0 Å². The van der Waals surface area contributed by atoms with Crippen LogP contribution < -0.4 is 0 Å². The van der Waals surface area contributed by atoms with Crippen molar-refractivity contribution in [3.8, 4) is 0 Å². The van der Waals surface area contributed by atoms with Gasteiger partial charge < -0.3 is 4.90 Å². The van der Waals surface area contributed by atoms with Crippen molar-refractivity contribution in [1.82, 2.24) is 9.80 Å². The van der Waals surface area contributed by atoms with Gasteiger partial charge in [-0.1, -0.05) is 51.8 Å². The van der Waals surface area contributed by atoms with Crippen LogP contribution in [-0.2, 0) is 11.3 Å². The lowest BCUT2D eigenvalue weighted by atomic mass is 10.1. The highest BCUT2D eigenvalue weighted by atomic mass is 79.9. The van der Waals surface area contributed by atoms with Gasteiger partial charge >= 0.3 is 0 Å². The normalized spacial score (nSPS) is 21.0. The monoisotopic (exact) mass is 446 g/mol. The van der Waals surface area contributed by atoms with Gasteiger partial charge in [0, 0.05) is 47.3 Å². The van der Waals surface area contributed by atoms with Crippen molar-refractivity contribution in [2.75, 3.05) is 13.1 Å². The zero-order valence-electron chi connectivity index (χ0n) is 15.6. The van der Waals surface area contributed by atoms with Crippen molar-refractivity contribution >= 4 is 39.5 Å². The van der Waals surface area contributed by atoms with E-state index in [-0.39, 0.29) is 11.9 Å². The molecule has 0 aromatic heterocycles. The first-order valence-corrected chi connectivity index (χ1v) is 10.3. The average Bonchev–Trinajstić information content (AvgIpc) is 2.65. The summed E-state index contributed by atoms with van der Waals surface area (Å²) >= 11 is 9.40. The van der Waals surface area contributed by atoms with Crippen LogP contribution in [0, 0.1) is 0 Å². The number of halogens is 2. The number of hydrogen-bond donors (Lipinski definition) is 0. The highest BCUT2D eigenvalue weighted by Gasteiger charge is 2.30. The number of piperazine rings is 1. The van der Waals surface area contributed by atoms with Crippen molar-refractivity contribution in [1.29, 1.82) is 0 Å². The molecule has 2 atom stereocenters. The van der Waals surface area contributed by atoms with E-state index in [0.717, 1.165) is 34.7 Å². The largest absolute Gasteiger partial charge is 0.334 e. The van der Waals surface area contributed by atoms with Gasteiger partial charge in [-0.05, 0) is 55.3 Å². The summed E-state index contributed by atoms with van der Waals surface area (Å²) in [6, 6.07) is 16.4. The van der Waals surface area contributed by atoms with E-state index in [1.54, 1.807) is 6.08 Å². The number of benzene rings is 2. The fraction of sp³-hybridized carbons (Fsp3) is 0.318. The van der Waals surface area contributed by atoms with Gasteiger partial charge in [-0.3, -0.25) is 9.69 Å². The Bertz CT molecular complexity index is 804. The number of rotatable bonds is 4. The minimum atomic E-state index is 0.0726. The maximum Gasteiger partial charge on any atom is 0.246 e. The van der Waals surface area contributed by atoms with E-state index in [1.807, 2.05) is 47.4 Å². The maximum absolute atomic E-state index is 12.7. The highest BCUT2D eigenvalue weighted by molar-refractivity contribution is 9.10. The standard InChI is InChI=1S/C22H24BrClN2O/c1-16-14-26(22(27)12-7-18-3-8-20(23)9-4-18)17(2)13-25(16)15-19-5-10-21(24)11-6-19/h3-12,16-17H,13-15H2,1-2H3/t16-,17+/m0/s1. The molecule has 0 saturated carbocycles. The molecule has 1 aliphatic rings. The Morgan fingerprint density at radius 3 is 2.41 bits per heavy atom. The van der Waals surface area contributed by atoms with Crippen LogP contribution in [0.15, 0.2) is 59.1 Å². The lowest BCUT2D eigenvalue weighted by Crippen LogP contribution is -2.57. The van der Waals surface area contributed by atoms with E-state index in [0.29, 0.717) is 6.04 Å². The summed E-state index contributed by atoms with van der Waals surface area (Å²) in [4.78, 5) is 17.1. The molecule has 1 saturated heterocycles. The second kappa shape index (κ2) is 9.05. The fourth-order valence-electron chi connectivity index (χ4n) is 3.39. The van der Waals surface area contributed by atoms with Crippen molar-refractivity contribution in [2.45, 2.75) is 32.5 Å². The molecule has 0 N–H and O–H groups in total. The second-order valence-electron chi connectivity index (χ2n) is 7.13. The molecule has 5 heteroatoms. The lowest BCUT2D eigenvalue weighted by Gasteiger charge is -2.44. The summed E-state index contributed by atoms with van der Waals surface area (Å²) in [6.07, 6.45) is 3.56. The summed E-state index contributed by atoms with van der Waals surface area (Å²) in [6.45, 7) is 6.77. The van der Waals surface area contributed by atoms with E-state index >= 15 is 0 Å². The third-order valence-corrected chi connectivity index (χ3v) is 5.77. The minimum absolute atomic E-state index is 0.0726. The van der Waals surface area contributed by atoms with Gasteiger partial charge in [-0.2, -0.15) is 0 Å². The van der Waals surface area contributed by atoms with Gasteiger partial charge in [-0.15, -0.1) is 0 Å². The molecule has 1 aliphatic heterocycles. The summed E-state index contributed by atoms with van der Waals surface area (Å²) in [5, 5.41) is 0.758. The highest BCUT2D eigenvalue weighted by Crippen LogP contribution is 2.20. The van der Waals surface area contributed by atoms with Crippen molar-refractivity contribution in [2.24, 2.45) is 0 Å². The zero-order chi connectivity index (χ0) is 19.4. The predicted octanol–water partition coefficient (Wildman–Crippen LogP) is 5.24. The Labute approximate surface area is 174 Å². The van der Waals surface area contributed by atoms with Crippen LogP contribution in [0.2, 0.25) is 5.02 Å². The Morgan fingerprint density at radius 1 is 1.07 bits per heavy atom. The molecule has 0 unspecified atom stereocenters. The third-order valence-electron chi connectivity index (χ3n) is 4.99. The van der Waals surface area contributed by atoms with Gasteiger partial charge in [0.25, 0.3) is 0 Å². The van der Waals surface area contributed by atoms with Gasteiger partial charge in [0.05, 0.1) is 0 Å². The average molecular weight is 448 g/mol.